The van der Waals surface area contributed by atoms with Crippen LogP contribution in [0.4, 0.5) is 10.5 Å². The molecule has 2 aromatic carbocycles. The summed E-state index contributed by atoms with van der Waals surface area (Å²) in [5.41, 5.74) is 2.98. The summed E-state index contributed by atoms with van der Waals surface area (Å²) in [4.78, 5) is 28.7. The first kappa shape index (κ1) is 20.9. The number of nitrogens with zero attached hydrogens (tertiary/aromatic N) is 2. The van der Waals surface area contributed by atoms with Crippen LogP contribution >= 0.6 is 0 Å². The number of ether oxygens (including phenoxy) is 1. The van der Waals surface area contributed by atoms with Crippen LogP contribution < -0.4 is 15.0 Å². The van der Waals surface area contributed by atoms with Crippen molar-refractivity contribution >= 4 is 17.6 Å². The van der Waals surface area contributed by atoms with E-state index in [0.717, 1.165) is 47.9 Å². The summed E-state index contributed by atoms with van der Waals surface area (Å²) < 4.78 is 5.90. The fourth-order valence-corrected chi connectivity index (χ4v) is 4.36. The molecule has 0 atom stereocenters. The molecule has 168 valence electrons. The number of urea groups is 1. The Hall–Kier alpha value is -3.02. The molecule has 1 saturated heterocycles. The van der Waals surface area contributed by atoms with Gasteiger partial charge in [0, 0.05) is 31.4 Å². The van der Waals surface area contributed by atoms with E-state index in [0.29, 0.717) is 32.1 Å². The van der Waals surface area contributed by atoms with Crippen LogP contribution in [-0.2, 0) is 17.8 Å². The summed E-state index contributed by atoms with van der Waals surface area (Å²) in [5, 5.41) is 2.81. The summed E-state index contributed by atoms with van der Waals surface area (Å²) in [6, 6.07) is 16.3. The van der Waals surface area contributed by atoms with Crippen LogP contribution in [0.25, 0.3) is 0 Å². The van der Waals surface area contributed by atoms with Crippen molar-refractivity contribution in [1.29, 1.82) is 0 Å². The van der Waals surface area contributed by atoms with Crippen LogP contribution in [-0.4, -0.2) is 42.6 Å². The number of rotatable bonds is 9. The zero-order valence-corrected chi connectivity index (χ0v) is 18.5. The van der Waals surface area contributed by atoms with Gasteiger partial charge in [0.15, 0.2) is 0 Å². The SMILES string of the molecule is O=C1NCCN1c1ccc(CC(=O)N(Cc2ccc(OCC3CCC3)cc2)C2CC2)cc1. The van der Waals surface area contributed by atoms with Crippen molar-refractivity contribution in [3.8, 4) is 5.75 Å². The Morgan fingerprint density at radius 2 is 1.72 bits per heavy atom. The second-order valence-electron chi connectivity index (χ2n) is 9.23. The van der Waals surface area contributed by atoms with E-state index >= 15 is 0 Å². The van der Waals surface area contributed by atoms with Gasteiger partial charge in [0.25, 0.3) is 0 Å². The minimum Gasteiger partial charge on any atom is -0.493 e. The number of benzene rings is 2. The Morgan fingerprint density at radius 1 is 1.00 bits per heavy atom. The maximum absolute atomic E-state index is 13.1. The van der Waals surface area contributed by atoms with Gasteiger partial charge in [-0.25, -0.2) is 4.79 Å². The predicted octanol–water partition coefficient (Wildman–Crippen LogP) is 4.13. The molecule has 1 heterocycles. The molecule has 6 heteroatoms. The predicted molar refractivity (Wildman–Crippen MR) is 124 cm³/mol. The molecule has 1 N–H and O–H groups in total. The van der Waals surface area contributed by atoms with E-state index in [1.54, 1.807) is 4.90 Å². The average Bonchev–Trinajstić information content (AvgIpc) is 3.52. The minimum atomic E-state index is -0.0619. The van der Waals surface area contributed by atoms with E-state index in [1.165, 1.54) is 19.3 Å². The van der Waals surface area contributed by atoms with Gasteiger partial charge in [-0.15, -0.1) is 0 Å². The molecular formula is C26H31N3O3. The highest BCUT2D eigenvalue weighted by atomic mass is 16.5. The third-order valence-electron chi connectivity index (χ3n) is 6.75. The Morgan fingerprint density at radius 3 is 2.31 bits per heavy atom. The summed E-state index contributed by atoms with van der Waals surface area (Å²) >= 11 is 0. The van der Waals surface area contributed by atoms with Crippen molar-refractivity contribution < 1.29 is 14.3 Å². The first-order valence-corrected chi connectivity index (χ1v) is 11.8. The number of carbonyl (C=O) groups is 2. The van der Waals surface area contributed by atoms with Crippen molar-refractivity contribution in [2.75, 3.05) is 24.6 Å². The van der Waals surface area contributed by atoms with Crippen molar-refractivity contribution in [2.24, 2.45) is 5.92 Å². The van der Waals surface area contributed by atoms with Gasteiger partial charge in [-0.3, -0.25) is 9.69 Å². The van der Waals surface area contributed by atoms with Gasteiger partial charge in [0.1, 0.15) is 5.75 Å². The smallest absolute Gasteiger partial charge is 0.321 e. The molecule has 3 amide bonds. The number of nitrogens with one attached hydrogen (secondary N) is 1. The fraction of sp³-hybridized carbons (Fsp3) is 0.462. The molecule has 2 aliphatic carbocycles. The van der Waals surface area contributed by atoms with Gasteiger partial charge in [0.05, 0.1) is 13.0 Å². The lowest BCUT2D eigenvalue weighted by atomic mass is 9.86. The molecule has 0 unspecified atom stereocenters. The highest BCUT2D eigenvalue weighted by Crippen LogP contribution is 2.30. The van der Waals surface area contributed by atoms with Gasteiger partial charge < -0.3 is 15.0 Å². The van der Waals surface area contributed by atoms with E-state index in [4.69, 9.17) is 4.74 Å². The summed E-state index contributed by atoms with van der Waals surface area (Å²) in [6.45, 7) is 2.80. The van der Waals surface area contributed by atoms with Gasteiger partial charge >= 0.3 is 6.03 Å². The molecule has 2 saturated carbocycles. The van der Waals surface area contributed by atoms with E-state index in [2.05, 4.69) is 17.4 Å². The molecular weight excluding hydrogens is 402 g/mol. The second kappa shape index (κ2) is 9.23. The largest absolute Gasteiger partial charge is 0.493 e. The molecule has 0 radical (unpaired) electrons. The Bertz CT molecular complexity index is 949. The molecule has 6 nitrogen and oxygen atoms in total. The van der Waals surface area contributed by atoms with E-state index in [9.17, 15) is 9.59 Å². The number of hydrogen-bond donors (Lipinski definition) is 1. The Kier molecular flexibility index (Phi) is 6.02. The third-order valence-corrected chi connectivity index (χ3v) is 6.75. The van der Waals surface area contributed by atoms with Crippen molar-refractivity contribution in [1.82, 2.24) is 10.2 Å². The standard InChI is InChI=1S/C26H31N3O3/c30-25(16-19-4-8-22(9-5-19)28-15-14-27-26(28)31)29(23-10-11-23)17-20-6-12-24(13-7-20)32-18-21-2-1-3-21/h4-9,12-13,21,23H,1-3,10-11,14-18H2,(H,27,31). The van der Waals surface area contributed by atoms with Gasteiger partial charge in [-0.2, -0.15) is 0 Å². The van der Waals surface area contributed by atoms with Crippen molar-refractivity contribution in [3.05, 3.63) is 59.7 Å². The average molecular weight is 434 g/mol. The molecule has 3 fully saturated rings. The summed E-state index contributed by atoms with van der Waals surface area (Å²) in [6.07, 6.45) is 6.44. The van der Waals surface area contributed by atoms with Crippen LogP contribution in [0, 0.1) is 5.92 Å². The topological polar surface area (TPSA) is 61.9 Å². The first-order chi connectivity index (χ1) is 15.7. The molecule has 0 spiro atoms. The molecule has 1 aliphatic heterocycles. The maximum Gasteiger partial charge on any atom is 0.321 e. The fourth-order valence-electron chi connectivity index (χ4n) is 4.36. The Labute approximate surface area is 189 Å². The third kappa shape index (κ3) is 4.90. The number of amides is 3. The monoisotopic (exact) mass is 433 g/mol. The molecule has 2 aromatic rings. The zero-order chi connectivity index (χ0) is 21.9. The summed E-state index contributed by atoms with van der Waals surface area (Å²) in [5.74, 6) is 1.79. The number of anilines is 1. The van der Waals surface area contributed by atoms with Gasteiger partial charge in [-0.05, 0) is 67.0 Å². The maximum atomic E-state index is 13.1. The summed E-state index contributed by atoms with van der Waals surface area (Å²) in [7, 11) is 0. The van der Waals surface area contributed by atoms with Crippen LogP contribution in [0.3, 0.4) is 0 Å². The van der Waals surface area contributed by atoms with Crippen LogP contribution in [0.5, 0.6) is 5.75 Å². The van der Waals surface area contributed by atoms with Crippen molar-refractivity contribution in [3.63, 3.8) is 0 Å². The number of carbonyl (C=O) groups excluding carboxylic acids is 2. The Balaban J connectivity index is 1.17. The molecule has 3 aliphatic rings. The lowest BCUT2D eigenvalue weighted by Crippen LogP contribution is -2.33. The normalized spacial score (nSPS) is 18.2. The zero-order valence-electron chi connectivity index (χ0n) is 18.5. The van der Waals surface area contributed by atoms with Gasteiger partial charge in [0.2, 0.25) is 5.91 Å². The lowest BCUT2D eigenvalue weighted by Gasteiger charge is -2.25. The van der Waals surface area contributed by atoms with Crippen LogP contribution in [0.1, 0.15) is 43.2 Å². The highest BCUT2D eigenvalue weighted by molar-refractivity contribution is 5.94. The lowest BCUT2D eigenvalue weighted by molar-refractivity contribution is -0.131. The molecule has 5 rings (SSSR count). The highest BCUT2D eigenvalue weighted by Gasteiger charge is 2.32. The van der Waals surface area contributed by atoms with Crippen LogP contribution in [0.2, 0.25) is 0 Å². The first-order valence-electron chi connectivity index (χ1n) is 11.8. The molecule has 32 heavy (non-hydrogen) atoms. The second-order valence-corrected chi connectivity index (χ2v) is 9.23. The van der Waals surface area contributed by atoms with Crippen molar-refractivity contribution in [2.45, 2.75) is 51.1 Å². The van der Waals surface area contributed by atoms with E-state index in [-0.39, 0.29) is 11.9 Å². The van der Waals surface area contributed by atoms with Crippen LogP contribution in [0.15, 0.2) is 48.5 Å². The molecule has 0 bridgehead atoms. The van der Waals surface area contributed by atoms with E-state index < -0.39 is 0 Å². The van der Waals surface area contributed by atoms with E-state index in [1.807, 2.05) is 41.3 Å². The number of hydrogen-bond acceptors (Lipinski definition) is 3. The van der Waals surface area contributed by atoms with Gasteiger partial charge in [-0.1, -0.05) is 30.7 Å². The molecule has 0 aromatic heterocycles. The quantitative estimate of drug-likeness (QED) is 0.647. The minimum absolute atomic E-state index is 0.0619.